The number of aromatic nitrogens is 1. The number of carbonyl (C=O) groups is 4. The zero-order valence-corrected chi connectivity index (χ0v) is 32.7. The van der Waals surface area contributed by atoms with Crippen LogP contribution in [0.3, 0.4) is 0 Å². The normalized spacial score (nSPS) is 32.2. The molecule has 3 amide bonds. The van der Waals surface area contributed by atoms with Gasteiger partial charge in [-0.3, -0.25) is 19.1 Å². The number of hydrogen-bond donors (Lipinski definition) is 2. The predicted octanol–water partition coefficient (Wildman–Crippen LogP) is 6.37. The summed E-state index contributed by atoms with van der Waals surface area (Å²) in [7, 11) is -3.93. The fourth-order valence-electron chi connectivity index (χ4n) is 9.66. The molecular formula is C43H56N4O8S. The number of nitrogens with zero attached hydrogens (tertiary/aromatic N) is 2. The number of hydrogen-bond acceptors (Lipinski definition) is 9. The van der Waals surface area contributed by atoms with Gasteiger partial charge in [-0.25, -0.2) is 18.2 Å². The second-order valence-corrected chi connectivity index (χ2v) is 20.2. The number of carbonyl (C=O) groups excluding carboxylic acids is 4. The largest absolute Gasteiger partial charge is 0.483 e. The Hall–Kier alpha value is -4.00. The quantitative estimate of drug-likeness (QED) is 0.317. The molecule has 4 saturated carbocycles. The molecule has 4 heterocycles. The number of Topliss-reactive ketones (excluding diaryl/α,β-unsaturated/α-hetero) is 1. The zero-order valence-electron chi connectivity index (χ0n) is 31.9. The molecule has 4 aliphatic carbocycles. The number of pyridine rings is 1. The molecule has 12 nitrogen and oxygen atoms in total. The minimum absolute atomic E-state index is 0. The molecule has 0 unspecified atom stereocenters. The number of aryl methyl sites for hydroxylation is 2. The van der Waals surface area contributed by atoms with Gasteiger partial charge in [-0.15, -0.1) is 0 Å². The standard InChI is InChI=1S/C42H52N4O8S.CH4/c1-26-35-30(29-11-8-9-12-31(29)43-26)16-17-40(53-35)23-33-34(47)24-41(37(49)45-55(51,52)39(2)18-19-39)22-28(41)10-6-4-3-5-7-13-32(36(48)46(33)25-40)44-38(50)54-42(20-21-42)27-14-15-27;/h6,8-12,27-28,32-33H,3-5,7,13-25H2,1-2H3,(H,44,50)(H,45,49);1H4/b10-6-;/t28-,32+,33+,40-,41-;/m1./s1. The minimum Gasteiger partial charge on any atom is -0.483 e. The van der Waals surface area contributed by atoms with Gasteiger partial charge in [0.25, 0.3) is 0 Å². The van der Waals surface area contributed by atoms with E-state index in [-0.39, 0.29) is 44.4 Å². The number of sulfonamides is 1. The van der Waals surface area contributed by atoms with Crippen molar-refractivity contribution in [2.75, 3.05) is 6.54 Å². The smallest absolute Gasteiger partial charge is 0.408 e. The second-order valence-electron chi connectivity index (χ2n) is 18.0. The number of ketones is 1. The van der Waals surface area contributed by atoms with E-state index in [0.717, 1.165) is 67.1 Å². The number of allylic oxidation sites excluding steroid dienone is 2. The topological polar surface area (TPSA) is 161 Å². The lowest BCUT2D eigenvalue weighted by molar-refractivity contribution is -0.140. The molecule has 56 heavy (non-hydrogen) atoms. The summed E-state index contributed by atoms with van der Waals surface area (Å²) in [5.41, 5.74) is 0.105. The highest BCUT2D eigenvalue weighted by Gasteiger charge is 2.64. The van der Waals surface area contributed by atoms with Crippen LogP contribution >= 0.6 is 0 Å². The SMILES string of the molecule is C.Cc1nc2ccccc2c2c1O[C@]1(CC2)C[C@H]2C(=O)C[C@]3(C(=O)NS(=O)(=O)C4(C)CC4)C[C@H]3/C=C\CCCCC[C@H](NC(=O)OC3(C4CC4)CC3)C(=O)N2C1. The molecule has 1 aromatic heterocycles. The summed E-state index contributed by atoms with van der Waals surface area (Å²) in [5.74, 6) is -0.571. The Morgan fingerprint density at radius 3 is 2.50 bits per heavy atom. The third-order valence-electron chi connectivity index (χ3n) is 13.9. The number of alkyl carbamates (subject to hydrolysis) is 1. The molecule has 9 rings (SSSR count). The van der Waals surface area contributed by atoms with Gasteiger partial charge in [-0.05, 0) is 109 Å². The number of rotatable bonds is 6. The first-order valence-corrected chi connectivity index (χ1v) is 21.9. The highest BCUT2D eigenvalue weighted by molar-refractivity contribution is 7.91. The molecule has 5 atom stereocenters. The van der Waals surface area contributed by atoms with E-state index in [1.165, 1.54) is 0 Å². The van der Waals surface area contributed by atoms with Gasteiger partial charge in [-0.1, -0.05) is 50.6 Å². The summed E-state index contributed by atoms with van der Waals surface area (Å²) in [6.07, 6.45) is 13.1. The van der Waals surface area contributed by atoms with Crippen molar-refractivity contribution in [3.8, 4) is 5.75 Å². The molecule has 1 aromatic carbocycles. The Labute approximate surface area is 330 Å². The van der Waals surface area contributed by atoms with E-state index < -0.39 is 55.5 Å². The number of para-hydroxylation sites is 1. The fraction of sp³-hybridized carbons (Fsp3) is 0.651. The molecule has 5 fully saturated rings. The van der Waals surface area contributed by atoms with Crippen LogP contribution < -0.4 is 14.8 Å². The number of benzene rings is 1. The van der Waals surface area contributed by atoms with Gasteiger partial charge < -0.3 is 19.7 Å². The molecule has 302 valence electrons. The molecule has 2 N–H and O–H groups in total. The highest BCUT2D eigenvalue weighted by Crippen LogP contribution is 2.58. The third kappa shape index (κ3) is 6.89. The molecule has 13 heteroatoms. The van der Waals surface area contributed by atoms with Crippen LogP contribution in [0.2, 0.25) is 0 Å². The summed E-state index contributed by atoms with van der Waals surface area (Å²) in [6.45, 7) is 3.67. The van der Waals surface area contributed by atoms with E-state index >= 15 is 0 Å². The van der Waals surface area contributed by atoms with E-state index in [1.54, 1.807) is 11.8 Å². The van der Waals surface area contributed by atoms with E-state index in [9.17, 15) is 27.6 Å². The van der Waals surface area contributed by atoms with Crippen molar-refractivity contribution in [3.05, 3.63) is 47.7 Å². The van der Waals surface area contributed by atoms with Crippen molar-refractivity contribution in [1.29, 1.82) is 0 Å². The lowest BCUT2D eigenvalue weighted by Gasteiger charge is -2.36. The lowest BCUT2D eigenvalue weighted by atomic mass is 9.85. The Morgan fingerprint density at radius 1 is 1.00 bits per heavy atom. The highest BCUT2D eigenvalue weighted by atomic mass is 32.2. The summed E-state index contributed by atoms with van der Waals surface area (Å²) in [4.78, 5) is 63.5. The number of ether oxygens (including phenoxy) is 2. The van der Waals surface area contributed by atoms with E-state index in [1.807, 2.05) is 43.3 Å². The van der Waals surface area contributed by atoms with Crippen molar-refractivity contribution < 1.29 is 37.1 Å². The van der Waals surface area contributed by atoms with Crippen LogP contribution in [0.25, 0.3) is 10.9 Å². The molecular weight excluding hydrogens is 733 g/mol. The Balaban J connectivity index is 0.00000441. The van der Waals surface area contributed by atoms with Crippen LogP contribution in [0.4, 0.5) is 4.79 Å². The Morgan fingerprint density at radius 2 is 1.77 bits per heavy atom. The van der Waals surface area contributed by atoms with Gasteiger partial charge in [0.05, 0.1) is 34.0 Å². The summed E-state index contributed by atoms with van der Waals surface area (Å²) in [5, 5.41) is 3.94. The monoisotopic (exact) mass is 788 g/mol. The third-order valence-corrected chi connectivity index (χ3v) is 16.1. The van der Waals surface area contributed by atoms with Gasteiger partial charge >= 0.3 is 6.09 Å². The maximum atomic E-state index is 14.9. The van der Waals surface area contributed by atoms with E-state index in [4.69, 9.17) is 14.5 Å². The van der Waals surface area contributed by atoms with Gasteiger partial charge in [0, 0.05) is 23.8 Å². The number of nitrogens with one attached hydrogen (secondary N) is 2. The molecule has 1 spiro atoms. The van der Waals surface area contributed by atoms with Crippen molar-refractivity contribution in [2.45, 2.75) is 152 Å². The van der Waals surface area contributed by atoms with Crippen molar-refractivity contribution in [1.82, 2.24) is 19.9 Å². The van der Waals surface area contributed by atoms with Crippen molar-refractivity contribution in [3.63, 3.8) is 0 Å². The van der Waals surface area contributed by atoms with Gasteiger partial charge in [0.1, 0.15) is 23.0 Å². The Kier molecular flexibility index (Phi) is 9.60. The molecule has 2 aromatic rings. The van der Waals surface area contributed by atoms with Crippen LogP contribution in [0, 0.1) is 24.2 Å². The molecule has 7 aliphatic rings. The molecule has 1 saturated heterocycles. The number of amides is 3. The zero-order chi connectivity index (χ0) is 38.4. The van der Waals surface area contributed by atoms with Crippen LogP contribution in [0.15, 0.2) is 36.4 Å². The predicted molar refractivity (Wildman–Crippen MR) is 210 cm³/mol. The van der Waals surface area contributed by atoms with Crippen molar-refractivity contribution >= 4 is 44.6 Å². The van der Waals surface area contributed by atoms with Crippen LogP contribution in [0.5, 0.6) is 5.75 Å². The van der Waals surface area contributed by atoms with Gasteiger partial charge in [0.2, 0.25) is 21.8 Å². The Bertz CT molecular complexity index is 2110. The van der Waals surface area contributed by atoms with Crippen LogP contribution in [-0.2, 0) is 35.6 Å². The average Bonchev–Trinajstić information content (AvgIpc) is 3.95. The maximum absolute atomic E-state index is 14.9. The van der Waals surface area contributed by atoms with Crippen LogP contribution in [0.1, 0.15) is 122 Å². The first-order valence-electron chi connectivity index (χ1n) is 20.4. The summed E-state index contributed by atoms with van der Waals surface area (Å²) in [6, 6.07) is 6.09. The summed E-state index contributed by atoms with van der Waals surface area (Å²) >= 11 is 0. The molecule has 3 aliphatic heterocycles. The van der Waals surface area contributed by atoms with Gasteiger partial charge in [-0.2, -0.15) is 0 Å². The van der Waals surface area contributed by atoms with Gasteiger partial charge in [0.15, 0.2) is 5.78 Å². The first-order chi connectivity index (χ1) is 26.3. The second kappa shape index (κ2) is 13.8. The minimum atomic E-state index is -3.93. The van der Waals surface area contributed by atoms with Crippen LogP contribution in [-0.4, -0.2) is 76.6 Å². The maximum Gasteiger partial charge on any atom is 0.408 e. The summed E-state index contributed by atoms with van der Waals surface area (Å²) < 4.78 is 40.8. The molecule has 0 bridgehead atoms. The first kappa shape index (κ1) is 38.9. The molecule has 0 radical (unpaired) electrons. The fourth-order valence-corrected chi connectivity index (χ4v) is 11.0. The number of fused-ring (bicyclic) bond motifs is 5. The van der Waals surface area contributed by atoms with Crippen molar-refractivity contribution in [2.24, 2.45) is 17.3 Å². The van der Waals surface area contributed by atoms with E-state index in [2.05, 4.69) is 10.0 Å². The lowest BCUT2D eigenvalue weighted by Crippen LogP contribution is -2.53. The average molecular weight is 789 g/mol. The van der Waals surface area contributed by atoms with E-state index in [0.29, 0.717) is 56.6 Å².